The molecular weight excluding hydrogens is 317 g/mol. The van der Waals surface area contributed by atoms with E-state index < -0.39 is 0 Å². The van der Waals surface area contributed by atoms with Crippen LogP contribution in [0, 0.1) is 5.82 Å². The van der Waals surface area contributed by atoms with E-state index in [1.165, 1.54) is 12.1 Å². The van der Waals surface area contributed by atoms with Gasteiger partial charge in [-0.25, -0.2) is 4.39 Å². The van der Waals surface area contributed by atoms with Crippen LogP contribution in [0.25, 0.3) is 0 Å². The number of carbonyl (C=O) groups is 1. The van der Waals surface area contributed by atoms with Gasteiger partial charge in [0.1, 0.15) is 5.82 Å². The number of benzene rings is 1. The van der Waals surface area contributed by atoms with Crippen LogP contribution in [0.1, 0.15) is 36.6 Å². The normalized spacial score (nSPS) is 17.7. The van der Waals surface area contributed by atoms with Gasteiger partial charge in [-0.3, -0.25) is 14.7 Å². The molecule has 1 fully saturated rings. The van der Waals surface area contributed by atoms with Gasteiger partial charge in [0.15, 0.2) is 0 Å². The number of likely N-dealkylation sites (N-methyl/N-ethyl adjacent to an activating group) is 1. The molecular formula is C20H24FN3O. The number of halogens is 1. The van der Waals surface area contributed by atoms with Crippen molar-refractivity contribution >= 4 is 5.91 Å². The topological polar surface area (TPSA) is 36.4 Å². The minimum absolute atomic E-state index is 0.0464. The number of likely N-dealkylation sites (tertiary alicyclic amines) is 1. The van der Waals surface area contributed by atoms with Gasteiger partial charge in [-0.2, -0.15) is 0 Å². The summed E-state index contributed by atoms with van der Waals surface area (Å²) in [5.74, 6) is -0.125. The first-order valence-corrected chi connectivity index (χ1v) is 8.77. The third-order valence-electron chi connectivity index (χ3n) is 4.64. The van der Waals surface area contributed by atoms with E-state index >= 15 is 0 Å². The molecule has 1 aliphatic rings. The number of rotatable bonds is 5. The Morgan fingerprint density at radius 3 is 2.76 bits per heavy atom. The number of piperidine rings is 1. The first-order valence-electron chi connectivity index (χ1n) is 8.77. The van der Waals surface area contributed by atoms with Gasteiger partial charge in [0.2, 0.25) is 5.91 Å². The fraction of sp³-hybridized carbons (Fsp3) is 0.400. The average molecular weight is 341 g/mol. The van der Waals surface area contributed by atoms with Crippen molar-refractivity contribution in [1.29, 1.82) is 0 Å². The highest BCUT2D eigenvalue weighted by Gasteiger charge is 2.28. The monoisotopic (exact) mass is 341 g/mol. The molecule has 3 rings (SSSR count). The van der Waals surface area contributed by atoms with Crippen LogP contribution < -0.4 is 0 Å². The van der Waals surface area contributed by atoms with Gasteiger partial charge >= 0.3 is 0 Å². The lowest BCUT2D eigenvalue weighted by Gasteiger charge is -2.37. The van der Waals surface area contributed by atoms with Gasteiger partial charge in [-0.05, 0) is 56.1 Å². The molecule has 1 saturated heterocycles. The van der Waals surface area contributed by atoms with Crippen LogP contribution in [0.2, 0.25) is 0 Å². The molecule has 0 saturated carbocycles. The van der Waals surface area contributed by atoms with E-state index in [4.69, 9.17) is 0 Å². The Morgan fingerprint density at radius 2 is 2.04 bits per heavy atom. The fourth-order valence-electron chi connectivity index (χ4n) is 3.41. The third-order valence-corrected chi connectivity index (χ3v) is 4.64. The molecule has 0 spiro atoms. The molecule has 132 valence electrons. The highest BCUT2D eigenvalue weighted by atomic mass is 19.1. The lowest BCUT2D eigenvalue weighted by atomic mass is 9.95. The maximum atomic E-state index is 13.2. The summed E-state index contributed by atoms with van der Waals surface area (Å²) >= 11 is 0. The van der Waals surface area contributed by atoms with Crippen LogP contribution in [-0.4, -0.2) is 40.8 Å². The van der Waals surface area contributed by atoms with E-state index in [-0.39, 0.29) is 17.8 Å². The van der Waals surface area contributed by atoms with Crippen molar-refractivity contribution in [1.82, 2.24) is 14.8 Å². The molecule has 0 aliphatic carbocycles. The second-order valence-electron chi connectivity index (χ2n) is 6.64. The molecule has 1 aliphatic heterocycles. The second kappa shape index (κ2) is 8.21. The Morgan fingerprint density at radius 1 is 1.24 bits per heavy atom. The summed E-state index contributed by atoms with van der Waals surface area (Å²) in [5, 5.41) is 0. The zero-order valence-corrected chi connectivity index (χ0v) is 14.6. The summed E-state index contributed by atoms with van der Waals surface area (Å²) in [6.07, 6.45) is 4.81. The van der Waals surface area contributed by atoms with E-state index in [1.807, 2.05) is 35.0 Å². The van der Waals surface area contributed by atoms with Gasteiger partial charge in [0, 0.05) is 19.3 Å². The molecule has 1 aromatic carbocycles. The SMILES string of the molecule is CN(CC(=O)N1CCCC[C@@H]1c1ccc(F)cc1)Cc1ccccn1. The second-order valence-corrected chi connectivity index (χ2v) is 6.64. The number of amides is 1. The number of pyridine rings is 1. The Hall–Kier alpha value is -2.27. The van der Waals surface area contributed by atoms with Crippen LogP contribution in [0.4, 0.5) is 4.39 Å². The standard InChI is InChI=1S/C20H24FN3O/c1-23(14-18-6-2-4-12-22-18)15-20(25)24-13-5-3-7-19(24)16-8-10-17(21)11-9-16/h2,4,6,8-12,19H,3,5,7,13-15H2,1H3/t19-/m1/s1. The molecule has 0 radical (unpaired) electrons. The minimum atomic E-state index is -0.243. The van der Waals surface area contributed by atoms with E-state index in [9.17, 15) is 9.18 Å². The van der Waals surface area contributed by atoms with E-state index in [2.05, 4.69) is 4.98 Å². The molecule has 4 nitrogen and oxygen atoms in total. The maximum Gasteiger partial charge on any atom is 0.237 e. The average Bonchev–Trinajstić information content (AvgIpc) is 2.63. The summed E-state index contributed by atoms with van der Waals surface area (Å²) in [6.45, 7) is 1.76. The molecule has 0 bridgehead atoms. The Bertz CT molecular complexity index is 690. The fourth-order valence-corrected chi connectivity index (χ4v) is 3.41. The van der Waals surface area contributed by atoms with E-state index in [0.29, 0.717) is 13.1 Å². The van der Waals surface area contributed by atoms with Crippen molar-refractivity contribution in [2.24, 2.45) is 0 Å². The van der Waals surface area contributed by atoms with Crippen molar-refractivity contribution in [3.63, 3.8) is 0 Å². The lowest BCUT2D eigenvalue weighted by Crippen LogP contribution is -2.43. The quantitative estimate of drug-likeness (QED) is 0.836. The van der Waals surface area contributed by atoms with Crippen molar-refractivity contribution < 1.29 is 9.18 Å². The lowest BCUT2D eigenvalue weighted by molar-refractivity contribution is -0.136. The number of carbonyl (C=O) groups excluding carboxylic acids is 1. The summed E-state index contributed by atoms with van der Waals surface area (Å²) < 4.78 is 13.2. The first-order chi connectivity index (χ1) is 12.1. The summed E-state index contributed by atoms with van der Waals surface area (Å²) in [5.41, 5.74) is 1.97. The number of aromatic nitrogens is 1. The summed E-state index contributed by atoms with van der Waals surface area (Å²) in [4.78, 5) is 21.1. The highest BCUT2D eigenvalue weighted by Crippen LogP contribution is 2.31. The van der Waals surface area contributed by atoms with Gasteiger partial charge in [0.05, 0.1) is 18.3 Å². The van der Waals surface area contributed by atoms with Gasteiger partial charge < -0.3 is 4.90 Å². The maximum absolute atomic E-state index is 13.2. The van der Waals surface area contributed by atoms with Gasteiger partial charge in [-0.15, -0.1) is 0 Å². The largest absolute Gasteiger partial charge is 0.335 e. The molecule has 0 N–H and O–H groups in total. The molecule has 0 unspecified atom stereocenters. The Labute approximate surface area is 148 Å². The van der Waals surface area contributed by atoms with E-state index in [1.54, 1.807) is 18.3 Å². The molecule has 5 heteroatoms. The first kappa shape index (κ1) is 17.5. The van der Waals surface area contributed by atoms with Crippen LogP contribution >= 0.6 is 0 Å². The van der Waals surface area contributed by atoms with Crippen LogP contribution in [-0.2, 0) is 11.3 Å². The predicted molar refractivity (Wildman–Crippen MR) is 95.3 cm³/mol. The van der Waals surface area contributed by atoms with Crippen LogP contribution in [0.3, 0.4) is 0 Å². The third kappa shape index (κ3) is 4.63. The molecule has 1 aromatic heterocycles. The summed E-state index contributed by atoms with van der Waals surface area (Å²) in [6, 6.07) is 12.4. The molecule has 2 aromatic rings. The smallest absolute Gasteiger partial charge is 0.237 e. The molecule has 1 atom stereocenters. The van der Waals surface area contributed by atoms with Gasteiger partial charge in [0.25, 0.3) is 0 Å². The Balaban J connectivity index is 1.65. The number of nitrogens with zero attached hydrogens (tertiary/aromatic N) is 3. The number of hydrogen-bond acceptors (Lipinski definition) is 3. The Kier molecular flexibility index (Phi) is 5.76. The zero-order chi connectivity index (χ0) is 17.6. The van der Waals surface area contributed by atoms with Crippen molar-refractivity contribution in [3.8, 4) is 0 Å². The van der Waals surface area contributed by atoms with Crippen LogP contribution in [0.15, 0.2) is 48.7 Å². The van der Waals surface area contributed by atoms with Crippen molar-refractivity contribution in [2.75, 3.05) is 20.1 Å². The molecule has 25 heavy (non-hydrogen) atoms. The predicted octanol–water partition coefficient (Wildman–Crippen LogP) is 3.41. The summed E-state index contributed by atoms with van der Waals surface area (Å²) in [7, 11) is 1.93. The van der Waals surface area contributed by atoms with Gasteiger partial charge in [-0.1, -0.05) is 18.2 Å². The minimum Gasteiger partial charge on any atom is -0.335 e. The van der Waals surface area contributed by atoms with Crippen molar-refractivity contribution in [3.05, 3.63) is 65.7 Å². The molecule has 1 amide bonds. The van der Waals surface area contributed by atoms with Crippen molar-refractivity contribution in [2.45, 2.75) is 31.8 Å². The molecule has 2 heterocycles. The number of hydrogen-bond donors (Lipinski definition) is 0. The van der Waals surface area contributed by atoms with E-state index in [0.717, 1.165) is 37.1 Å². The highest BCUT2D eigenvalue weighted by molar-refractivity contribution is 5.79. The van der Waals surface area contributed by atoms with Crippen LogP contribution in [0.5, 0.6) is 0 Å². The zero-order valence-electron chi connectivity index (χ0n) is 14.6.